The Bertz CT molecular complexity index is 554. The lowest BCUT2D eigenvalue weighted by Gasteiger charge is -2.32. The first-order chi connectivity index (χ1) is 10.5. The number of hydrogen-bond donors (Lipinski definition) is 0. The van der Waals surface area contributed by atoms with Gasteiger partial charge in [0.1, 0.15) is 0 Å². The first kappa shape index (κ1) is 16.1. The standard InChI is InChI=1S/C15H16O7/c1-9(16)21-11-8-20-15(19-2)13(12(11)17)22-14(18)10-6-4-3-5-7-10/h3-7,11,13,15H,8H2,1-2H3/t11-,13+,15-/m0/s1. The summed E-state index contributed by atoms with van der Waals surface area (Å²) >= 11 is 0. The smallest absolute Gasteiger partial charge is 0.339 e. The highest BCUT2D eigenvalue weighted by atomic mass is 16.7. The number of Topliss-reactive ketones (excluding diaryl/α,β-unsaturated/α-hetero) is 1. The predicted octanol–water partition coefficient (Wildman–Crippen LogP) is 0.715. The molecule has 0 bridgehead atoms. The van der Waals surface area contributed by atoms with E-state index in [0.717, 1.165) is 0 Å². The summed E-state index contributed by atoms with van der Waals surface area (Å²) in [7, 11) is 1.33. The Kier molecular flexibility index (Phi) is 5.24. The molecule has 2 rings (SSSR count). The molecule has 1 aliphatic heterocycles. The Hall–Kier alpha value is -2.25. The summed E-state index contributed by atoms with van der Waals surface area (Å²) in [6, 6.07) is 8.21. The second kappa shape index (κ2) is 7.15. The van der Waals surface area contributed by atoms with E-state index in [4.69, 9.17) is 18.9 Å². The molecular formula is C15H16O7. The molecule has 0 amide bonds. The molecule has 0 aromatic heterocycles. The number of rotatable bonds is 4. The van der Waals surface area contributed by atoms with Gasteiger partial charge in [-0.15, -0.1) is 0 Å². The van der Waals surface area contributed by atoms with Gasteiger partial charge in [0.2, 0.25) is 18.2 Å². The molecule has 1 aliphatic rings. The highest BCUT2D eigenvalue weighted by Gasteiger charge is 2.44. The van der Waals surface area contributed by atoms with Crippen LogP contribution in [0.3, 0.4) is 0 Å². The van der Waals surface area contributed by atoms with Crippen molar-refractivity contribution in [3.8, 4) is 0 Å². The molecule has 22 heavy (non-hydrogen) atoms. The molecule has 1 heterocycles. The lowest BCUT2D eigenvalue weighted by molar-refractivity contribution is -0.222. The van der Waals surface area contributed by atoms with Gasteiger partial charge in [0, 0.05) is 14.0 Å². The van der Waals surface area contributed by atoms with Gasteiger partial charge in [-0.05, 0) is 12.1 Å². The largest absolute Gasteiger partial charge is 0.452 e. The maximum Gasteiger partial charge on any atom is 0.339 e. The molecule has 0 N–H and O–H groups in total. The van der Waals surface area contributed by atoms with Gasteiger partial charge in [0.25, 0.3) is 0 Å². The maximum atomic E-state index is 12.3. The molecule has 3 atom stereocenters. The topological polar surface area (TPSA) is 88.1 Å². The Labute approximate surface area is 127 Å². The van der Waals surface area contributed by atoms with Gasteiger partial charge < -0.3 is 18.9 Å². The average molecular weight is 308 g/mol. The zero-order chi connectivity index (χ0) is 16.1. The van der Waals surface area contributed by atoms with Crippen LogP contribution in [0.2, 0.25) is 0 Å². The molecule has 0 saturated carbocycles. The van der Waals surface area contributed by atoms with E-state index in [1.807, 2.05) is 0 Å². The molecule has 7 nitrogen and oxygen atoms in total. The van der Waals surface area contributed by atoms with Crippen LogP contribution >= 0.6 is 0 Å². The van der Waals surface area contributed by atoms with E-state index in [-0.39, 0.29) is 6.61 Å². The van der Waals surface area contributed by atoms with Crippen LogP contribution in [0.25, 0.3) is 0 Å². The molecular weight excluding hydrogens is 292 g/mol. The van der Waals surface area contributed by atoms with E-state index >= 15 is 0 Å². The SMILES string of the molecule is CO[C@H]1OC[C@H](OC(C)=O)C(=O)[C@H]1OC(=O)c1ccccc1. The normalized spacial score (nSPS) is 24.6. The average Bonchev–Trinajstić information content (AvgIpc) is 2.51. The van der Waals surface area contributed by atoms with E-state index in [0.29, 0.717) is 5.56 Å². The lowest BCUT2D eigenvalue weighted by atomic mass is 10.1. The number of ketones is 1. The fourth-order valence-electron chi connectivity index (χ4n) is 2.02. The van der Waals surface area contributed by atoms with Crippen molar-refractivity contribution < 1.29 is 33.3 Å². The molecule has 1 fully saturated rings. The molecule has 7 heteroatoms. The van der Waals surface area contributed by atoms with Crippen LogP contribution in [-0.4, -0.2) is 49.9 Å². The second-order valence-electron chi connectivity index (χ2n) is 4.63. The van der Waals surface area contributed by atoms with Crippen LogP contribution < -0.4 is 0 Å². The summed E-state index contributed by atoms with van der Waals surface area (Å²) in [6.45, 7) is 1.04. The fraction of sp³-hybridized carbons (Fsp3) is 0.400. The molecule has 118 valence electrons. The van der Waals surface area contributed by atoms with Gasteiger partial charge >= 0.3 is 11.9 Å². The Morgan fingerprint density at radius 2 is 1.86 bits per heavy atom. The zero-order valence-corrected chi connectivity index (χ0v) is 12.2. The summed E-state index contributed by atoms with van der Waals surface area (Å²) in [6.07, 6.45) is -3.44. The van der Waals surface area contributed by atoms with E-state index in [2.05, 4.69) is 0 Å². The Morgan fingerprint density at radius 1 is 1.18 bits per heavy atom. The quantitative estimate of drug-likeness (QED) is 0.757. The van der Waals surface area contributed by atoms with Crippen molar-refractivity contribution >= 4 is 17.7 Å². The lowest BCUT2D eigenvalue weighted by Crippen LogP contribution is -2.53. The summed E-state index contributed by atoms with van der Waals surface area (Å²) < 4.78 is 20.3. The van der Waals surface area contributed by atoms with Gasteiger partial charge in [0.15, 0.2) is 6.10 Å². The molecule has 1 saturated heterocycles. The van der Waals surface area contributed by atoms with Crippen molar-refractivity contribution in [2.75, 3.05) is 13.7 Å². The minimum atomic E-state index is -1.30. The summed E-state index contributed by atoms with van der Waals surface area (Å²) in [5, 5.41) is 0. The minimum absolute atomic E-state index is 0.143. The Balaban J connectivity index is 2.12. The maximum absolute atomic E-state index is 12.3. The highest BCUT2D eigenvalue weighted by Crippen LogP contribution is 2.19. The number of ether oxygens (including phenoxy) is 4. The van der Waals surface area contributed by atoms with E-state index < -0.39 is 36.2 Å². The molecule has 0 aliphatic carbocycles. The van der Waals surface area contributed by atoms with Crippen molar-refractivity contribution in [1.82, 2.24) is 0 Å². The van der Waals surface area contributed by atoms with E-state index in [1.54, 1.807) is 30.3 Å². The van der Waals surface area contributed by atoms with Crippen LogP contribution in [-0.2, 0) is 28.5 Å². The van der Waals surface area contributed by atoms with Crippen molar-refractivity contribution in [2.45, 2.75) is 25.4 Å². The van der Waals surface area contributed by atoms with Crippen molar-refractivity contribution in [2.24, 2.45) is 0 Å². The summed E-state index contributed by atoms with van der Waals surface area (Å²) in [5.74, 6) is -1.88. The second-order valence-corrected chi connectivity index (χ2v) is 4.63. The number of carbonyl (C=O) groups is 3. The summed E-state index contributed by atoms with van der Waals surface area (Å²) in [4.78, 5) is 35.3. The Morgan fingerprint density at radius 3 is 2.45 bits per heavy atom. The third-order valence-electron chi connectivity index (χ3n) is 3.04. The van der Waals surface area contributed by atoms with Crippen molar-refractivity contribution in [1.29, 1.82) is 0 Å². The third-order valence-corrected chi connectivity index (χ3v) is 3.04. The fourth-order valence-corrected chi connectivity index (χ4v) is 2.02. The van der Waals surface area contributed by atoms with Crippen LogP contribution in [0.1, 0.15) is 17.3 Å². The number of esters is 2. The van der Waals surface area contributed by atoms with Crippen molar-refractivity contribution in [3.05, 3.63) is 35.9 Å². The van der Waals surface area contributed by atoms with E-state index in [1.165, 1.54) is 14.0 Å². The molecule has 0 radical (unpaired) electrons. The van der Waals surface area contributed by atoms with Gasteiger partial charge in [0.05, 0.1) is 12.2 Å². The number of hydrogen-bond acceptors (Lipinski definition) is 7. The van der Waals surface area contributed by atoms with Crippen LogP contribution in [0.15, 0.2) is 30.3 Å². The van der Waals surface area contributed by atoms with Crippen LogP contribution in [0.5, 0.6) is 0 Å². The molecule has 1 aromatic carbocycles. The van der Waals surface area contributed by atoms with Gasteiger partial charge in [-0.3, -0.25) is 9.59 Å². The minimum Gasteiger partial charge on any atom is -0.452 e. The first-order valence-electron chi connectivity index (χ1n) is 6.64. The highest BCUT2D eigenvalue weighted by molar-refractivity contribution is 5.95. The van der Waals surface area contributed by atoms with Gasteiger partial charge in [-0.25, -0.2) is 4.79 Å². The third kappa shape index (κ3) is 3.69. The van der Waals surface area contributed by atoms with Crippen molar-refractivity contribution in [3.63, 3.8) is 0 Å². The predicted molar refractivity (Wildman–Crippen MR) is 73.0 cm³/mol. The zero-order valence-electron chi connectivity index (χ0n) is 12.2. The first-order valence-corrected chi connectivity index (χ1v) is 6.64. The number of methoxy groups -OCH3 is 1. The van der Waals surface area contributed by atoms with Gasteiger partial charge in [-0.1, -0.05) is 18.2 Å². The molecule has 1 aromatic rings. The monoisotopic (exact) mass is 308 g/mol. The number of carbonyl (C=O) groups excluding carboxylic acids is 3. The molecule has 0 unspecified atom stereocenters. The van der Waals surface area contributed by atoms with Gasteiger partial charge in [-0.2, -0.15) is 0 Å². The van der Waals surface area contributed by atoms with E-state index in [9.17, 15) is 14.4 Å². The van der Waals surface area contributed by atoms with Crippen LogP contribution in [0, 0.1) is 0 Å². The molecule has 0 spiro atoms. The number of benzene rings is 1. The summed E-state index contributed by atoms with van der Waals surface area (Å²) in [5.41, 5.74) is 0.291. The van der Waals surface area contributed by atoms with Crippen LogP contribution in [0.4, 0.5) is 0 Å².